The van der Waals surface area contributed by atoms with Crippen LogP contribution in [0.5, 0.6) is 5.75 Å². The van der Waals surface area contributed by atoms with Crippen LogP contribution < -0.4 is 10.1 Å². The first kappa shape index (κ1) is 19.7. The molecule has 1 N–H and O–H groups in total. The van der Waals surface area contributed by atoms with Crippen LogP contribution in [-0.2, 0) is 19.6 Å². The number of carbonyl (C=O) groups is 1. The number of nitrogens with zero attached hydrogens (tertiary/aromatic N) is 1. The maximum absolute atomic E-state index is 12.5. The van der Waals surface area contributed by atoms with Crippen molar-refractivity contribution < 1.29 is 22.7 Å². The van der Waals surface area contributed by atoms with Crippen LogP contribution in [0.15, 0.2) is 29.2 Å². The van der Waals surface area contributed by atoms with Gasteiger partial charge in [-0.15, -0.1) is 0 Å². The van der Waals surface area contributed by atoms with Gasteiger partial charge in [-0.2, -0.15) is 4.31 Å². The highest BCUT2D eigenvalue weighted by Gasteiger charge is 2.26. The van der Waals surface area contributed by atoms with Crippen molar-refractivity contribution in [3.63, 3.8) is 0 Å². The molecule has 1 aliphatic heterocycles. The van der Waals surface area contributed by atoms with Gasteiger partial charge in [-0.3, -0.25) is 4.79 Å². The van der Waals surface area contributed by atoms with Gasteiger partial charge in [0.15, 0.2) is 6.61 Å². The largest absolute Gasteiger partial charge is 0.484 e. The van der Waals surface area contributed by atoms with E-state index in [4.69, 9.17) is 9.47 Å². The zero-order valence-electron chi connectivity index (χ0n) is 14.6. The molecule has 1 aromatic carbocycles. The summed E-state index contributed by atoms with van der Waals surface area (Å²) in [5, 5.41) is 2.79. The molecule has 1 heterocycles. The fourth-order valence-corrected chi connectivity index (χ4v) is 3.85. The number of amides is 1. The fourth-order valence-electron chi connectivity index (χ4n) is 2.45. The van der Waals surface area contributed by atoms with E-state index in [0.29, 0.717) is 38.6 Å². The Hall–Kier alpha value is -1.64. The number of sulfonamides is 1. The summed E-state index contributed by atoms with van der Waals surface area (Å²) in [5.74, 6) is 0.283. The standard InChI is InChI=1S/C17H26N2O5S/c1-2-3-4-9-18-17(20)14-24-15-5-7-16(8-6-15)25(21,22)19-10-12-23-13-11-19/h5-8H,2-4,9-14H2,1H3,(H,18,20). The highest BCUT2D eigenvalue weighted by molar-refractivity contribution is 7.89. The van der Waals surface area contributed by atoms with Gasteiger partial charge in [0.25, 0.3) is 5.91 Å². The van der Waals surface area contributed by atoms with Crippen molar-refractivity contribution in [1.82, 2.24) is 9.62 Å². The lowest BCUT2D eigenvalue weighted by atomic mass is 10.2. The molecule has 1 amide bonds. The van der Waals surface area contributed by atoms with Crippen LogP contribution in [0.1, 0.15) is 26.2 Å². The fraction of sp³-hybridized carbons (Fsp3) is 0.588. The van der Waals surface area contributed by atoms with Crippen LogP contribution in [0, 0.1) is 0 Å². The van der Waals surface area contributed by atoms with Gasteiger partial charge in [-0.25, -0.2) is 8.42 Å². The second-order valence-electron chi connectivity index (χ2n) is 5.83. The van der Waals surface area contributed by atoms with Crippen LogP contribution in [0.4, 0.5) is 0 Å². The number of rotatable bonds is 9. The van der Waals surface area contributed by atoms with Crippen LogP contribution in [0.2, 0.25) is 0 Å². The van der Waals surface area contributed by atoms with Crippen molar-refractivity contribution in [2.24, 2.45) is 0 Å². The molecule has 0 spiro atoms. The van der Waals surface area contributed by atoms with E-state index in [1.54, 1.807) is 12.1 Å². The Morgan fingerprint density at radius 1 is 1.20 bits per heavy atom. The molecule has 2 rings (SSSR count). The number of nitrogens with one attached hydrogen (secondary N) is 1. The third kappa shape index (κ3) is 5.98. The zero-order chi connectivity index (χ0) is 18.1. The minimum atomic E-state index is -3.51. The number of unbranched alkanes of at least 4 members (excludes halogenated alkanes) is 2. The Labute approximate surface area is 149 Å². The number of morpholine rings is 1. The van der Waals surface area contributed by atoms with E-state index < -0.39 is 10.0 Å². The average Bonchev–Trinajstić information content (AvgIpc) is 2.64. The molecule has 7 nitrogen and oxygen atoms in total. The summed E-state index contributed by atoms with van der Waals surface area (Å²) in [6.07, 6.45) is 3.14. The molecule has 0 unspecified atom stereocenters. The molecule has 8 heteroatoms. The van der Waals surface area contributed by atoms with Gasteiger partial charge in [0.1, 0.15) is 5.75 Å². The molecular formula is C17H26N2O5S. The van der Waals surface area contributed by atoms with E-state index in [2.05, 4.69) is 12.2 Å². The average molecular weight is 370 g/mol. The van der Waals surface area contributed by atoms with Gasteiger partial charge in [-0.05, 0) is 30.7 Å². The van der Waals surface area contributed by atoms with Gasteiger partial charge in [0, 0.05) is 19.6 Å². The van der Waals surface area contributed by atoms with Gasteiger partial charge in [0.05, 0.1) is 18.1 Å². The topological polar surface area (TPSA) is 84.9 Å². The third-order valence-corrected chi connectivity index (χ3v) is 5.82. The summed E-state index contributed by atoms with van der Waals surface area (Å²) in [6.45, 7) is 4.21. The summed E-state index contributed by atoms with van der Waals surface area (Å²) in [4.78, 5) is 11.9. The van der Waals surface area contributed by atoms with E-state index >= 15 is 0 Å². The molecule has 0 radical (unpaired) electrons. The monoisotopic (exact) mass is 370 g/mol. The molecular weight excluding hydrogens is 344 g/mol. The number of hydrogen-bond donors (Lipinski definition) is 1. The highest BCUT2D eigenvalue weighted by Crippen LogP contribution is 2.20. The van der Waals surface area contributed by atoms with Gasteiger partial charge < -0.3 is 14.8 Å². The smallest absolute Gasteiger partial charge is 0.257 e. The first-order valence-electron chi connectivity index (χ1n) is 8.61. The Morgan fingerprint density at radius 2 is 1.88 bits per heavy atom. The summed E-state index contributed by atoms with van der Waals surface area (Å²) in [7, 11) is -3.51. The zero-order valence-corrected chi connectivity index (χ0v) is 15.4. The first-order chi connectivity index (χ1) is 12.0. The van der Waals surface area contributed by atoms with Crippen LogP contribution >= 0.6 is 0 Å². The van der Waals surface area contributed by atoms with Gasteiger partial charge in [-0.1, -0.05) is 19.8 Å². The second kappa shape index (κ2) is 9.74. The molecule has 1 aliphatic rings. The predicted molar refractivity (Wildman–Crippen MR) is 94.0 cm³/mol. The normalized spacial score (nSPS) is 15.7. The molecule has 0 atom stereocenters. The quantitative estimate of drug-likeness (QED) is 0.664. The number of ether oxygens (including phenoxy) is 2. The summed E-state index contributed by atoms with van der Waals surface area (Å²) in [6, 6.07) is 6.13. The van der Waals surface area contributed by atoms with E-state index in [1.807, 2.05) is 0 Å². The first-order valence-corrected chi connectivity index (χ1v) is 10.1. The lowest BCUT2D eigenvalue weighted by Crippen LogP contribution is -2.40. The van der Waals surface area contributed by atoms with E-state index in [1.165, 1.54) is 16.4 Å². The van der Waals surface area contributed by atoms with Gasteiger partial charge >= 0.3 is 0 Å². The molecule has 25 heavy (non-hydrogen) atoms. The van der Waals surface area contributed by atoms with E-state index in [0.717, 1.165) is 19.3 Å². The van der Waals surface area contributed by atoms with Crippen molar-refractivity contribution in [1.29, 1.82) is 0 Å². The van der Waals surface area contributed by atoms with E-state index in [-0.39, 0.29) is 17.4 Å². The van der Waals surface area contributed by atoms with Crippen molar-refractivity contribution in [3.8, 4) is 5.75 Å². The van der Waals surface area contributed by atoms with Crippen molar-refractivity contribution >= 4 is 15.9 Å². The minimum Gasteiger partial charge on any atom is -0.484 e. The molecule has 1 fully saturated rings. The molecule has 140 valence electrons. The van der Waals surface area contributed by atoms with Crippen molar-refractivity contribution in [2.45, 2.75) is 31.1 Å². The lowest BCUT2D eigenvalue weighted by molar-refractivity contribution is -0.123. The van der Waals surface area contributed by atoms with Crippen LogP contribution in [-0.4, -0.2) is 58.1 Å². The number of benzene rings is 1. The minimum absolute atomic E-state index is 0.0817. The predicted octanol–water partition coefficient (Wildman–Crippen LogP) is 1.39. The lowest BCUT2D eigenvalue weighted by Gasteiger charge is -2.26. The molecule has 0 bridgehead atoms. The molecule has 0 aliphatic carbocycles. The number of hydrogen-bond acceptors (Lipinski definition) is 5. The van der Waals surface area contributed by atoms with Crippen molar-refractivity contribution in [2.75, 3.05) is 39.5 Å². The van der Waals surface area contributed by atoms with Crippen LogP contribution in [0.25, 0.3) is 0 Å². The summed E-state index contributed by atoms with van der Waals surface area (Å²) < 4.78 is 37.0. The third-order valence-electron chi connectivity index (χ3n) is 3.90. The molecule has 0 saturated carbocycles. The molecule has 1 saturated heterocycles. The van der Waals surface area contributed by atoms with Crippen LogP contribution in [0.3, 0.4) is 0 Å². The SMILES string of the molecule is CCCCCNC(=O)COc1ccc(S(=O)(=O)N2CCOCC2)cc1. The van der Waals surface area contributed by atoms with E-state index in [9.17, 15) is 13.2 Å². The Kier molecular flexibility index (Phi) is 7.67. The Bertz CT molecular complexity index is 640. The maximum Gasteiger partial charge on any atom is 0.257 e. The van der Waals surface area contributed by atoms with Crippen molar-refractivity contribution in [3.05, 3.63) is 24.3 Å². The van der Waals surface area contributed by atoms with Gasteiger partial charge in [0.2, 0.25) is 10.0 Å². The Morgan fingerprint density at radius 3 is 2.52 bits per heavy atom. The maximum atomic E-state index is 12.5. The Balaban J connectivity index is 1.84. The number of carbonyl (C=O) groups excluding carboxylic acids is 1. The second-order valence-corrected chi connectivity index (χ2v) is 7.77. The highest BCUT2D eigenvalue weighted by atomic mass is 32.2. The summed E-state index contributed by atoms with van der Waals surface area (Å²) in [5.41, 5.74) is 0. The molecule has 0 aromatic heterocycles. The molecule has 1 aromatic rings. The summed E-state index contributed by atoms with van der Waals surface area (Å²) >= 11 is 0.